The number of hydrogen-bond acceptors (Lipinski definition) is 5. The van der Waals surface area contributed by atoms with Crippen LogP contribution in [0.2, 0.25) is 0 Å². The molecule has 0 aliphatic carbocycles. The number of para-hydroxylation sites is 2. The molecule has 1 fully saturated rings. The number of piperazine rings is 1. The molecule has 27 heavy (non-hydrogen) atoms. The molecule has 6 heteroatoms. The van der Waals surface area contributed by atoms with Gasteiger partial charge < -0.3 is 20.9 Å². The highest BCUT2D eigenvalue weighted by Gasteiger charge is 2.18. The summed E-state index contributed by atoms with van der Waals surface area (Å²) in [5.74, 6) is -0.0405. The van der Waals surface area contributed by atoms with Gasteiger partial charge in [-0.25, -0.2) is 0 Å². The van der Waals surface area contributed by atoms with E-state index in [1.54, 1.807) is 19.0 Å². The normalized spacial score (nSPS) is 14.8. The van der Waals surface area contributed by atoms with Crippen molar-refractivity contribution in [3.63, 3.8) is 0 Å². The van der Waals surface area contributed by atoms with Crippen LogP contribution in [0.25, 0.3) is 0 Å². The lowest BCUT2D eigenvalue weighted by Gasteiger charge is -2.36. The van der Waals surface area contributed by atoms with E-state index in [9.17, 15) is 4.79 Å². The minimum atomic E-state index is -0.0405. The monoisotopic (exact) mass is 367 g/mol. The number of hydrogen-bond donors (Lipinski definition) is 2. The lowest BCUT2D eigenvalue weighted by Crippen LogP contribution is -2.47. The molecule has 0 saturated carbocycles. The molecule has 0 atom stereocenters. The summed E-state index contributed by atoms with van der Waals surface area (Å²) in [5.41, 5.74) is 9.36. The standard InChI is InChI=1S/C21H29N5O/c1-24(2)21(27)18-9-6-10-19(22)20(18)23-11-12-25-13-15-26(16-14-25)17-7-4-3-5-8-17/h3-10,23H,11-16,22H2,1-2H3. The third-order valence-corrected chi connectivity index (χ3v) is 4.96. The molecule has 3 N–H and O–H groups in total. The summed E-state index contributed by atoms with van der Waals surface area (Å²) in [6.07, 6.45) is 0. The lowest BCUT2D eigenvalue weighted by atomic mass is 10.1. The molecule has 0 spiro atoms. The van der Waals surface area contributed by atoms with Crippen LogP contribution in [0.1, 0.15) is 10.4 Å². The molecule has 1 saturated heterocycles. The number of nitrogen functional groups attached to an aromatic ring is 1. The minimum absolute atomic E-state index is 0.0405. The van der Waals surface area contributed by atoms with E-state index in [4.69, 9.17) is 5.73 Å². The molecule has 6 nitrogen and oxygen atoms in total. The van der Waals surface area contributed by atoms with Gasteiger partial charge in [-0.2, -0.15) is 0 Å². The zero-order valence-corrected chi connectivity index (χ0v) is 16.2. The first-order valence-corrected chi connectivity index (χ1v) is 9.42. The van der Waals surface area contributed by atoms with Crippen LogP contribution < -0.4 is 16.0 Å². The van der Waals surface area contributed by atoms with E-state index in [-0.39, 0.29) is 5.91 Å². The molecule has 1 aliphatic rings. The topological polar surface area (TPSA) is 64.8 Å². The molecule has 2 aromatic carbocycles. The minimum Gasteiger partial charge on any atom is -0.397 e. The molecule has 1 aliphatic heterocycles. The van der Waals surface area contributed by atoms with Crippen molar-refractivity contribution in [1.29, 1.82) is 0 Å². The first-order valence-electron chi connectivity index (χ1n) is 9.42. The molecule has 0 bridgehead atoms. The second-order valence-electron chi connectivity index (χ2n) is 7.06. The largest absolute Gasteiger partial charge is 0.397 e. The van der Waals surface area contributed by atoms with Crippen LogP contribution in [0.3, 0.4) is 0 Å². The van der Waals surface area contributed by atoms with Crippen LogP contribution in [0.5, 0.6) is 0 Å². The van der Waals surface area contributed by atoms with E-state index in [1.807, 2.05) is 18.2 Å². The Morgan fingerprint density at radius 2 is 1.74 bits per heavy atom. The second kappa shape index (κ2) is 8.77. The van der Waals surface area contributed by atoms with Gasteiger partial charge in [0.25, 0.3) is 5.91 Å². The average molecular weight is 367 g/mol. The van der Waals surface area contributed by atoms with E-state index < -0.39 is 0 Å². The SMILES string of the molecule is CN(C)C(=O)c1cccc(N)c1NCCN1CCN(c2ccccc2)CC1. The number of rotatable bonds is 6. The van der Waals surface area contributed by atoms with Gasteiger partial charge in [-0.1, -0.05) is 24.3 Å². The van der Waals surface area contributed by atoms with Crippen LogP contribution in [0, 0.1) is 0 Å². The number of nitrogens with one attached hydrogen (secondary N) is 1. The van der Waals surface area contributed by atoms with E-state index in [1.165, 1.54) is 5.69 Å². The maximum absolute atomic E-state index is 12.4. The van der Waals surface area contributed by atoms with Crippen LogP contribution >= 0.6 is 0 Å². The quantitative estimate of drug-likeness (QED) is 0.767. The molecule has 1 amide bonds. The molecule has 144 valence electrons. The van der Waals surface area contributed by atoms with Crippen LogP contribution in [-0.2, 0) is 0 Å². The number of carbonyl (C=O) groups is 1. The Morgan fingerprint density at radius 1 is 1.04 bits per heavy atom. The number of nitrogens with zero attached hydrogens (tertiary/aromatic N) is 3. The molecular weight excluding hydrogens is 338 g/mol. The third kappa shape index (κ3) is 4.71. The maximum Gasteiger partial charge on any atom is 0.255 e. The summed E-state index contributed by atoms with van der Waals surface area (Å²) >= 11 is 0. The third-order valence-electron chi connectivity index (χ3n) is 4.96. The van der Waals surface area contributed by atoms with E-state index in [0.29, 0.717) is 11.3 Å². The van der Waals surface area contributed by atoms with Crippen LogP contribution in [-0.4, -0.2) is 69.1 Å². The summed E-state index contributed by atoms with van der Waals surface area (Å²) in [6.45, 7) is 5.80. The van der Waals surface area contributed by atoms with Crippen molar-refractivity contribution in [2.75, 3.05) is 69.3 Å². The fourth-order valence-corrected chi connectivity index (χ4v) is 3.39. The fraction of sp³-hybridized carbons (Fsp3) is 0.381. The molecule has 0 unspecified atom stereocenters. The fourth-order valence-electron chi connectivity index (χ4n) is 3.39. The summed E-state index contributed by atoms with van der Waals surface area (Å²) in [6, 6.07) is 16.0. The lowest BCUT2D eigenvalue weighted by molar-refractivity contribution is 0.0828. The highest BCUT2D eigenvalue weighted by Crippen LogP contribution is 2.24. The molecule has 0 radical (unpaired) electrons. The van der Waals surface area contributed by atoms with Gasteiger partial charge in [-0.15, -0.1) is 0 Å². The Labute approximate surface area is 161 Å². The second-order valence-corrected chi connectivity index (χ2v) is 7.06. The van der Waals surface area contributed by atoms with Gasteiger partial charge in [0, 0.05) is 59.1 Å². The Hall–Kier alpha value is -2.73. The van der Waals surface area contributed by atoms with Crippen molar-refractivity contribution in [2.24, 2.45) is 0 Å². The van der Waals surface area contributed by atoms with Gasteiger partial charge in [-0.3, -0.25) is 9.69 Å². The highest BCUT2D eigenvalue weighted by molar-refractivity contribution is 6.01. The van der Waals surface area contributed by atoms with Crippen molar-refractivity contribution in [3.05, 3.63) is 54.1 Å². The first-order chi connectivity index (χ1) is 13.1. The van der Waals surface area contributed by atoms with Crippen molar-refractivity contribution in [3.8, 4) is 0 Å². The summed E-state index contributed by atoms with van der Waals surface area (Å²) in [5, 5.41) is 3.38. The predicted octanol–water partition coefficient (Wildman–Crippen LogP) is 2.20. The van der Waals surface area contributed by atoms with Gasteiger partial charge in [0.05, 0.1) is 16.9 Å². The molecule has 2 aromatic rings. The van der Waals surface area contributed by atoms with E-state index in [2.05, 4.69) is 45.4 Å². The number of benzene rings is 2. The van der Waals surface area contributed by atoms with Gasteiger partial charge in [0.1, 0.15) is 0 Å². The Balaban J connectivity index is 1.52. The Kier molecular flexibility index (Phi) is 6.19. The maximum atomic E-state index is 12.4. The smallest absolute Gasteiger partial charge is 0.255 e. The summed E-state index contributed by atoms with van der Waals surface area (Å²) in [7, 11) is 3.50. The zero-order valence-electron chi connectivity index (χ0n) is 16.2. The Bertz CT molecular complexity index is 754. The number of carbonyl (C=O) groups excluding carboxylic acids is 1. The first kappa shape index (κ1) is 19.0. The zero-order chi connectivity index (χ0) is 19.2. The van der Waals surface area contributed by atoms with E-state index in [0.717, 1.165) is 45.0 Å². The number of amides is 1. The van der Waals surface area contributed by atoms with Crippen LogP contribution in [0.15, 0.2) is 48.5 Å². The summed E-state index contributed by atoms with van der Waals surface area (Å²) in [4.78, 5) is 18.8. The van der Waals surface area contributed by atoms with E-state index >= 15 is 0 Å². The average Bonchev–Trinajstić information content (AvgIpc) is 2.69. The molecule has 1 heterocycles. The van der Waals surface area contributed by atoms with Gasteiger partial charge in [0.2, 0.25) is 0 Å². The summed E-state index contributed by atoms with van der Waals surface area (Å²) < 4.78 is 0. The number of anilines is 3. The van der Waals surface area contributed by atoms with Crippen molar-refractivity contribution in [1.82, 2.24) is 9.80 Å². The van der Waals surface area contributed by atoms with Gasteiger partial charge in [-0.05, 0) is 24.3 Å². The van der Waals surface area contributed by atoms with Gasteiger partial charge in [0.15, 0.2) is 0 Å². The van der Waals surface area contributed by atoms with Gasteiger partial charge >= 0.3 is 0 Å². The van der Waals surface area contributed by atoms with Crippen molar-refractivity contribution < 1.29 is 4.79 Å². The Morgan fingerprint density at radius 3 is 2.41 bits per heavy atom. The van der Waals surface area contributed by atoms with Crippen molar-refractivity contribution >= 4 is 23.0 Å². The number of nitrogens with two attached hydrogens (primary N) is 1. The molecule has 0 aromatic heterocycles. The molecular formula is C21H29N5O. The predicted molar refractivity (Wildman–Crippen MR) is 112 cm³/mol. The highest BCUT2D eigenvalue weighted by atomic mass is 16.2. The molecule has 3 rings (SSSR count). The van der Waals surface area contributed by atoms with Crippen molar-refractivity contribution in [2.45, 2.75) is 0 Å². The van der Waals surface area contributed by atoms with Crippen LogP contribution in [0.4, 0.5) is 17.1 Å².